The highest BCUT2D eigenvalue weighted by atomic mass is 35.5. The van der Waals surface area contributed by atoms with E-state index in [9.17, 15) is 14.0 Å². The standard InChI is InChI=1S/C28H25ClFNO5S/c1-3-34-25-15-19(10-11-24(25)36-17-21-22(29)8-5-9-23(21)30)16-26-27(32)31(28(33)37-26)12-13-35-20-7-4-6-18(2)14-20/h4-11,14-16H,3,12-13,17H2,1-2H3/b26-16-. The Morgan fingerprint density at radius 2 is 1.81 bits per heavy atom. The number of imide groups is 1. The van der Waals surface area contributed by atoms with Crippen LogP contribution in [0.25, 0.3) is 6.08 Å². The van der Waals surface area contributed by atoms with Crippen LogP contribution in [0.15, 0.2) is 65.6 Å². The smallest absolute Gasteiger partial charge is 0.293 e. The molecule has 6 nitrogen and oxygen atoms in total. The van der Waals surface area contributed by atoms with Gasteiger partial charge in [-0.2, -0.15) is 0 Å². The molecule has 0 bridgehead atoms. The molecule has 0 N–H and O–H groups in total. The van der Waals surface area contributed by atoms with E-state index in [1.54, 1.807) is 30.3 Å². The third-order valence-electron chi connectivity index (χ3n) is 5.45. The summed E-state index contributed by atoms with van der Waals surface area (Å²) in [6.45, 7) is 4.43. The summed E-state index contributed by atoms with van der Waals surface area (Å²) < 4.78 is 31.3. The Kier molecular flexibility index (Phi) is 8.74. The van der Waals surface area contributed by atoms with Crippen LogP contribution >= 0.6 is 23.4 Å². The van der Waals surface area contributed by atoms with Crippen LogP contribution in [-0.4, -0.2) is 35.8 Å². The lowest BCUT2D eigenvalue weighted by Crippen LogP contribution is -2.32. The van der Waals surface area contributed by atoms with Crippen molar-refractivity contribution in [3.8, 4) is 17.2 Å². The van der Waals surface area contributed by atoms with Crippen molar-refractivity contribution in [2.24, 2.45) is 0 Å². The number of thioether (sulfide) groups is 1. The number of hydrogen-bond acceptors (Lipinski definition) is 6. The van der Waals surface area contributed by atoms with Gasteiger partial charge in [-0.1, -0.05) is 35.9 Å². The summed E-state index contributed by atoms with van der Waals surface area (Å²) >= 11 is 6.96. The predicted octanol–water partition coefficient (Wildman–Crippen LogP) is 6.88. The minimum atomic E-state index is -0.456. The number of benzene rings is 3. The van der Waals surface area contributed by atoms with Crippen LogP contribution in [0.3, 0.4) is 0 Å². The lowest BCUT2D eigenvalue weighted by Gasteiger charge is -2.14. The molecule has 2 amide bonds. The molecule has 3 aromatic rings. The number of aryl methyl sites for hydroxylation is 1. The van der Waals surface area contributed by atoms with E-state index in [0.29, 0.717) is 34.3 Å². The van der Waals surface area contributed by atoms with Crippen LogP contribution < -0.4 is 14.2 Å². The second-order valence-corrected chi connectivity index (χ2v) is 9.53. The van der Waals surface area contributed by atoms with Crippen LogP contribution in [0.4, 0.5) is 9.18 Å². The van der Waals surface area contributed by atoms with Gasteiger partial charge in [0, 0.05) is 5.56 Å². The van der Waals surface area contributed by atoms with E-state index in [-0.39, 0.29) is 41.5 Å². The predicted molar refractivity (Wildman–Crippen MR) is 143 cm³/mol. The van der Waals surface area contributed by atoms with Gasteiger partial charge in [0.2, 0.25) is 0 Å². The lowest BCUT2D eigenvalue weighted by atomic mass is 10.1. The second-order valence-electron chi connectivity index (χ2n) is 8.13. The Hall–Kier alpha value is -3.49. The van der Waals surface area contributed by atoms with Gasteiger partial charge >= 0.3 is 0 Å². The van der Waals surface area contributed by atoms with Gasteiger partial charge in [-0.15, -0.1) is 0 Å². The van der Waals surface area contributed by atoms with E-state index < -0.39 is 5.82 Å². The first-order valence-corrected chi connectivity index (χ1v) is 12.8. The first-order chi connectivity index (χ1) is 17.9. The van der Waals surface area contributed by atoms with Crippen LogP contribution in [0.1, 0.15) is 23.6 Å². The molecule has 0 radical (unpaired) electrons. The number of nitrogens with zero attached hydrogens (tertiary/aromatic N) is 1. The number of carbonyl (C=O) groups is 2. The first kappa shape index (κ1) is 26.6. The highest BCUT2D eigenvalue weighted by Gasteiger charge is 2.34. The molecule has 1 saturated heterocycles. The fraction of sp³-hybridized carbons (Fsp3) is 0.214. The summed E-state index contributed by atoms with van der Waals surface area (Å²) in [7, 11) is 0. The number of halogens is 2. The molecule has 0 atom stereocenters. The molecule has 1 heterocycles. The molecule has 1 aliphatic rings. The Balaban J connectivity index is 1.43. The van der Waals surface area contributed by atoms with Crippen LogP contribution in [0, 0.1) is 12.7 Å². The average Bonchev–Trinajstić information content (AvgIpc) is 3.12. The molecule has 3 aromatic carbocycles. The molecule has 0 spiro atoms. The maximum atomic E-state index is 14.1. The van der Waals surface area contributed by atoms with Crippen LogP contribution in [-0.2, 0) is 11.4 Å². The molecule has 4 rings (SSSR count). The Morgan fingerprint density at radius 1 is 1.00 bits per heavy atom. The number of carbonyl (C=O) groups excluding carboxylic acids is 2. The number of hydrogen-bond donors (Lipinski definition) is 0. The van der Waals surface area contributed by atoms with Gasteiger partial charge in [0.15, 0.2) is 11.5 Å². The van der Waals surface area contributed by atoms with Gasteiger partial charge in [-0.05, 0) is 79.2 Å². The van der Waals surface area contributed by atoms with E-state index in [1.807, 2.05) is 38.1 Å². The molecule has 0 saturated carbocycles. The van der Waals surface area contributed by atoms with Gasteiger partial charge in [0.05, 0.1) is 23.1 Å². The highest BCUT2D eigenvalue weighted by Crippen LogP contribution is 2.35. The van der Waals surface area contributed by atoms with Crippen molar-refractivity contribution in [3.05, 3.63) is 93.1 Å². The lowest BCUT2D eigenvalue weighted by molar-refractivity contribution is -0.123. The maximum absolute atomic E-state index is 14.1. The molecule has 0 aliphatic carbocycles. The van der Waals surface area contributed by atoms with Gasteiger partial charge in [0.1, 0.15) is 24.8 Å². The quantitative estimate of drug-likeness (QED) is 0.261. The Morgan fingerprint density at radius 3 is 2.57 bits per heavy atom. The summed E-state index contributed by atoms with van der Waals surface area (Å²) in [4.78, 5) is 26.8. The van der Waals surface area contributed by atoms with E-state index in [1.165, 1.54) is 17.0 Å². The van der Waals surface area contributed by atoms with Gasteiger partial charge in [0.25, 0.3) is 11.1 Å². The average molecular weight is 542 g/mol. The topological polar surface area (TPSA) is 65.1 Å². The third kappa shape index (κ3) is 6.64. The van der Waals surface area contributed by atoms with Crippen molar-refractivity contribution in [1.82, 2.24) is 4.90 Å². The molecule has 9 heteroatoms. The number of ether oxygens (including phenoxy) is 3. The summed E-state index contributed by atoms with van der Waals surface area (Å²) in [5, 5.41) is -0.0783. The molecular formula is C28H25ClFNO5S. The molecule has 1 aliphatic heterocycles. The monoisotopic (exact) mass is 541 g/mol. The normalized spacial score (nSPS) is 14.4. The van der Waals surface area contributed by atoms with Crippen molar-refractivity contribution in [2.75, 3.05) is 19.8 Å². The van der Waals surface area contributed by atoms with Crippen molar-refractivity contribution >= 4 is 40.6 Å². The fourth-order valence-electron chi connectivity index (χ4n) is 3.63. The van der Waals surface area contributed by atoms with Gasteiger partial charge in [-0.3, -0.25) is 14.5 Å². The maximum Gasteiger partial charge on any atom is 0.293 e. The van der Waals surface area contributed by atoms with Crippen molar-refractivity contribution in [1.29, 1.82) is 0 Å². The van der Waals surface area contributed by atoms with E-state index in [0.717, 1.165) is 17.3 Å². The first-order valence-electron chi connectivity index (χ1n) is 11.6. The minimum Gasteiger partial charge on any atom is -0.492 e. The molecule has 37 heavy (non-hydrogen) atoms. The van der Waals surface area contributed by atoms with Crippen LogP contribution in [0.5, 0.6) is 17.2 Å². The van der Waals surface area contributed by atoms with Crippen LogP contribution in [0.2, 0.25) is 5.02 Å². The molecular weight excluding hydrogens is 517 g/mol. The van der Waals surface area contributed by atoms with Gasteiger partial charge < -0.3 is 14.2 Å². The minimum absolute atomic E-state index is 0.0750. The third-order valence-corrected chi connectivity index (χ3v) is 6.71. The molecule has 1 fully saturated rings. The molecule has 192 valence electrons. The SMILES string of the molecule is CCOc1cc(/C=C2\SC(=O)N(CCOc3cccc(C)c3)C2=O)ccc1OCc1c(F)cccc1Cl. The number of rotatable bonds is 10. The highest BCUT2D eigenvalue weighted by molar-refractivity contribution is 8.18. The zero-order valence-corrected chi connectivity index (χ0v) is 21.9. The zero-order valence-electron chi connectivity index (χ0n) is 20.3. The van der Waals surface area contributed by atoms with Gasteiger partial charge in [-0.25, -0.2) is 4.39 Å². The Bertz CT molecular complexity index is 1330. The summed E-state index contributed by atoms with van der Waals surface area (Å²) in [5.41, 5.74) is 1.96. The van der Waals surface area contributed by atoms with E-state index in [4.69, 9.17) is 25.8 Å². The van der Waals surface area contributed by atoms with Crippen molar-refractivity contribution < 1.29 is 28.2 Å². The van der Waals surface area contributed by atoms with E-state index in [2.05, 4.69) is 0 Å². The van der Waals surface area contributed by atoms with Crippen molar-refractivity contribution in [3.63, 3.8) is 0 Å². The fourth-order valence-corrected chi connectivity index (χ4v) is 4.71. The molecule has 0 unspecified atom stereocenters. The largest absolute Gasteiger partial charge is 0.492 e. The zero-order chi connectivity index (χ0) is 26.4. The van der Waals surface area contributed by atoms with E-state index >= 15 is 0 Å². The molecule has 0 aromatic heterocycles. The Labute approximate surface area is 224 Å². The second kappa shape index (κ2) is 12.2. The summed E-state index contributed by atoms with van der Waals surface area (Å²) in [6.07, 6.45) is 1.63. The van der Waals surface area contributed by atoms with Crippen molar-refractivity contribution in [2.45, 2.75) is 20.5 Å². The number of amides is 2. The summed E-state index contributed by atoms with van der Waals surface area (Å²) in [5.74, 6) is 0.678. The summed E-state index contributed by atoms with van der Waals surface area (Å²) in [6, 6.07) is 17.1.